The molecule has 0 atom stereocenters. The van der Waals surface area contributed by atoms with E-state index in [-0.39, 0.29) is 5.91 Å². The summed E-state index contributed by atoms with van der Waals surface area (Å²) in [5.41, 5.74) is 1.13. The van der Waals surface area contributed by atoms with E-state index >= 15 is 0 Å². The Bertz CT molecular complexity index is 388. The summed E-state index contributed by atoms with van der Waals surface area (Å²) in [5, 5.41) is 6.23. The summed E-state index contributed by atoms with van der Waals surface area (Å²) in [7, 11) is 0. The Morgan fingerprint density at radius 2 is 2.35 bits per heavy atom. The molecule has 4 heteroatoms. The van der Waals surface area contributed by atoms with Gasteiger partial charge in [0.1, 0.15) is 5.82 Å². The van der Waals surface area contributed by atoms with Crippen molar-refractivity contribution in [2.45, 2.75) is 38.6 Å². The molecule has 0 aliphatic heterocycles. The van der Waals surface area contributed by atoms with E-state index in [0.29, 0.717) is 12.5 Å². The minimum Gasteiger partial charge on any atom is -0.370 e. The van der Waals surface area contributed by atoms with Crippen molar-refractivity contribution in [3.05, 3.63) is 23.9 Å². The zero-order chi connectivity index (χ0) is 12.1. The number of aryl methyl sites for hydroxylation is 1. The van der Waals surface area contributed by atoms with Crippen molar-refractivity contribution in [2.75, 3.05) is 11.9 Å². The molecule has 1 heterocycles. The third-order valence-corrected chi connectivity index (χ3v) is 2.82. The van der Waals surface area contributed by atoms with Crippen LogP contribution >= 0.6 is 0 Å². The largest absolute Gasteiger partial charge is 0.370 e. The van der Waals surface area contributed by atoms with Gasteiger partial charge in [-0.05, 0) is 37.8 Å². The normalized spacial score (nSPS) is 14.4. The maximum absolute atomic E-state index is 11.4. The number of aromatic nitrogens is 1. The van der Waals surface area contributed by atoms with Crippen LogP contribution in [0.3, 0.4) is 0 Å². The number of anilines is 1. The van der Waals surface area contributed by atoms with Crippen LogP contribution in [-0.4, -0.2) is 23.5 Å². The monoisotopic (exact) mass is 233 g/mol. The quantitative estimate of drug-likeness (QED) is 0.737. The molecule has 1 aliphatic carbocycles. The Hall–Kier alpha value is -1.58. The number of nitrogens with zero attached hydrogens (tertiary/aromatic N) is 1. The van der Waals surface area contributed by atoms with Gasteiger partial charge >= 0.3 is 0 Å². The second-order valence-corrected chi connectivity index (χ2v) is 4.54. The molecule has 17 heavy (non-hydrogen) atoms. The van der Waals surface area contributed by atoms with Crippen LogP contribution in [0.1, 0.15) is 31.2 Å². The van der Waals surface area contributed by atoms with Crippen molar-refractivity contribution in [1.82, 2.24) is 10.3 Å². The van der Waals surface area contributed by atoms with Crippen LogP contribution in [0.15, 0.2) is 18.3 Å². The molecule has 92 valence electrons. The summed E-state index contributed by atoms with van der Waals surface area (Å²) in [4.78, 5) is 15.7. The Morgan fingerprint density at radius 3 is 3.06 bits per heavy atom. The van der Waals surface area contributed by atoms with E-state index in [9.17, 15) is 4.79 Å². The van der Waals surface area contributed by atoms with Crippen LogP contribution in [0.4, 0.5) is 5.82 Å². The van der Waals surface area contributed by atoms with Gasteiger partial charge in [0.15, 0.2) is 0 Å². The summed E-state index contributed by atoms with van der Waals surface area (Å²) in [6.45, 7) is 2.81. The zero-order valence-corrected chi connectivity index (χ0v) is 10.2. The highest BCUT2D eigenvalue weighted by atomic mass is 16.1. The zero-order valence-electron chi connectivity index (χ0n) is 10.2. The Kier molecular flexibility index (Phi) is 3.96. The molecule has 1 saturated carbocycles. The van der Waals surface area contributed by atoms with Crippen LogP contribution in [-0.2, 0) is 4.79 Å². The minimum atomic E-state index is 0.173. The van der Waals surface area contributed by atoms with Gasteiger partial charge in [0.25, 0.3) is 0 Å². The van der Waals surface area contributed by atoms with E-state index in [4.69, 9.17) is 0 Å². The summed E-state index contributed by atoms with van der Waals surface area (Å²) < 4.78 is 0. The maximum Gasteiger partial charge on any atom is 0.220 e. The first kappa shape index (κ1) is 11.9. The van der Waals surface area contributed by atoms with E-state index in [0.717, 1.165) is 37.2 Å². The molecule has 1 aliphatic rings. The molecule has 0 radical (unpaired) electrons. The van der Waals surface area contributed by atoms with Gasteiger partial charge in [-0.3, -0.25) is 4.79 Å². The molecule has 0 unspecified atom stereocenters. The smallest absolute Gasteiger partial charge is 0.220 e. The highest BCUT2D eigenvalue weighted by Gasteiger charge is 2.22. The molecule has 2 N–H and O–H groups in total. The Morgan fingerprint density at radius 1 is 1.53 bits per heavy atom. The van der Waals surface area contributed by atoms with Crippen molar-refractivity contribution in [3.63, 3.8) is 0 Å². The van der Waals surface area contributed by atoms with Crippen molar-refractivity contribution >= 4 is 11.7 Å². The number of hydrogen-bond acceptors (Lipinski definition) is 3. The van der Waals surface area contributed by atoms with Gasteiger partial charge in [0, 0.05) is 25.2 Å². The molecule has 0 saturated heterocycles. The molecule has 0 bridgehead atoms. The van der Waals surface area contributed by atoms with E-state index in [1.165, 1.54) is 0 Å². The fourth-order valence-corrected chi connectivity index (χ4v) is 1.65. The number of nitrogens with one attached hydrogen (secondary N) is 2. The molecule has 2 rings (SSSR count). The van der Waals surface area contributed by atoms with Gasteiger partial charge in [-0.15, -0.1) is 0 Å². The third-order valence-electron chi connectivity index (χ3n) is 2.82. The van der Waals surface area contributed by atoms with Crippen molar-refractivity contribution in [2.24, 2.45) is 0 Å². The van der Waals surface area contributed by atoms with E-state index in [1.807, 2.05) is 19.1 Å². The lowest BCUT2D eigenvalue weighted by molar-refractivity contribution is -0.121. The summed E-state index contributed by atoms with van der Waals surface area (Å²) in [6.07, 6.45) is 5.51. The molecule has 1 fully saturated rings. The fraction of sp³-hybridized carbons (Fsp3) is 0.538. The van der Waals surface area contributed by atoms with Crippen LogP contribution in [0, 0.1) is 6.92 Å². The molecule has 1 amide bonds. The van der Waals surface area contributed by atoms with Gasteiger partial charge in [-0.1, -0.05) is 6.07 Å². The molecule has 1 aromatic heterocycles. The number of pyridine rings is 1. The first-order chi connectivity index (χ1) is 8.25. The maximum atomic E-state index is 11.4. The van der Waals surface area contributed by atoms with Gasteiger partial charge in [0.05, 0.1) is 0 Å². The molecule has 0 aromatic carbocycles. The van der Waals surface area contributed by atoms with Crippen molar-refractivity contribution in [1.29, 1.82) is 0 Å². The lowest BCUT2D eigenvalue weighted by Crippen LogP contribution is -2.25. The van der Waals surface area contributed by atoms with E-state index in [1.54, 1.807) is 6.20 Å². The van der Waals surface area contributed by atoms with Crippen LogP contribution < -0.4 is 10.6 Å². The van der Waals surface area contributed by atoms with Crippen LogP contribution in [0.25, 0.3) is 0 Å². The van der Waals surface area contributed by atoms with Gasteiger partial charge in [-0.2, -0.15) is 0 Å². The highest BCUT2D eigenvalue weighted by Crippen LogP contribution is 2.18. The number of carbonyl (C=O) groups is 1. The van der Waals surface area contributed by atoms with E-state index < -0.39 is 0 Å². The average molecular weight is 233 g/mol. The fourth-order valence-electron chi connectivity index (χ4n) is 1.65. The molecular formula is C13H19N3O. The number of carbonyl (C=O) groups excluding carboxylic acids is 1. The predicted octanol–water partition coefficient (Wildman–Crippen LogP) is 1.86. The predicted molar refractivity (Wildman–Crippen MR) is 67.9 cm³/mol. The average Bonchev–Trinajstić information content (AvgIpc) is 3.10. The molecule has 0 spiro atoms. The van der Waals surface area contributed by atoms with Crippen LogP contribution in [0.5, 0.6) is 0 Å². The summed E-state index contributed by atoms with van der Waals surface area (Å²) >= 11 is 0. The van der Waals surface area contributed by atoms with Gasteiger partial charge in [0.2, 0.25) is 5.91 Å². The Labute approximate surface area is 102 Å². The third kappa shape index (κ3) is 4.06. The van der Waals surface area contributed by atoms with Gasteiger partial charge in [-0.25, -0.2) is 4.98 Å². The first-order valence-corrected chi connectivity index (χ1v) is 6.20. The van der Waals surface area contributed by atoms with Crippen LogP contribution in [0.2, 0.25) is 0 Å². The second kappa shape index (κ2) is 5.66. The summed E-state index contributed by atoms with van der Waals surface area (Å²) in [6, 6.07) is 4.41. The number of amides is 1. The SMILES string of the molecule is Cc1cccnc1NCCCC(=O)NC1CC1. The van der Waals surface area contributed by atoms with Crippen molar-refractivity contribution < 1.29 is 4.79 Å². The molecule has 4 nitrogen and oxygen atoms in total. The topological polar surface area (TPSA) is 54.0 Å². The first-order valence-electron chi connectivity index (χ1n) is 6.20. The minimum absolute atomic E-state index is 0.173. The lowest BCUT2D eigenvalue weighted by atomic mass is 10.2. The molecular weight excluding hydrogens is 214 g/mol. The van der Waals surface area contributed by atoms with Crippen molar-refractivity contribution in [3.8, 4) is 0 Å². The van der Waals surface area contributed by atoms with E-state index in [2.05, 4.69) is 15.6 Å². The summed E-state index contributed by atoms with van der Waals surface area (Å²) in [5.74, 6) is 1.09. The highest BCUT2D eigenvalue weighted by molar-refractivity contribution is 5.76. The standard InChI is InChI=1S/C13H19N3O/c1-10-4-2-8-14-13(10)15-9-3-5-12(17)16-11-6-7-11/h2,4,8,11H,3,5-7,9H2,1H3,(H,14,15)(H,16,17). The molecule has 1 aromatic rings. The Balaban J connectivity index is 1.62. The second-order valence-electron chi connectivity index (χ2n) is 4.54. The number of hydrogen-bond donors (Lipinski definition) is 2. The number of rotatable bonds is 6. The lowest BCUT2D eigenvalue weighted by Gasteiger charge is -2.07. The van der Waals surface area contributed by atoms with Gasteiger partial charge < -0.3 is 10.6 Å².